The highest BCUT2D eigenvalue weighted by molar-refractivity contribution is 7.92. The summed E-state index contributed by atoms with van der Waals surface area (Å²) in [6.07, 6.45) is 2.45. The lowest BCUT2D eigenvalue weighted by atomic mass is 10.00. The Morgan fingerprint density at radius 3 is 2.14 bits per heavy atom. The zero-order valence-electron chi connectivity index (χ0n) is 7.61. The van der Waals surface area contributed by atoms with Crippen LogP contribution in [-0.4, -0.2) is 13.7 Å². The van der Waals surface area contributed by atoms with Crippen LogP contribution in [0.3, 0.4) is 0 Å². The molecule has 1 saturated carbocycles. The molecule has 0 heterocycles. The summed E-state index contributed by atoms with van der Waals surface area (Å²) in [4.78, 5) is 0.239. The van der Waals surface area contributed by atoms with Gasteiger partial charge in [-0.3, -0.25) is 0 Å². The smallest absolute Gasteiger partial charge is 0.181 e. The molecule has 0 unspecified atom stereocenters. The molecule has 14 heavy (non-hydrogen) atoms. The summed E-state index contributed by atoms with van der Waals surface area (Å²) in [7, 11) is -3.19. The second kappa shape index (κ2) is 3.35. The molecule has 1 aliphatic carbocycles. The topological polar surface area (TPSA) is 34.1 Å². The largest absolute Gasteiger partial charge is 0.223 e. The van der Waals surface area contributed by atoms with Crippen molar-refractivity contribution in [3.8, 4) is 0 Å². The fraction of sp³-hybridized carbons (Fsp3) is 0.400. The van der Waals surface area contributed by atoms with E-state index in [9.17, 15) is 12.8 Å². The molecular weight excluding hydrogens is 203 g/mol. The van der Waals surface area contributed by atoms with Crippen molar-refractivity contribution in [3.05, 3.63) is 30.1 Å². The van der Waals surface area contributed by atoms with Crippen LogP contribution in [0.5, 0.6) is 0 Å². The highest BCUT2D eigenvalue weighted by Gasteiger charge is 2.32. The first-order valence-electron chi connectivity index (χ1n) is 4.60. The summed E-state index contributed by atoms with van der Waals surface area (Å²) in [6.45, 7) is 0. The van der Waals surface area contributed by atoms with Gasteiger partial charge in [0.1, 0.15) is 5.82 Å². The summed E-state index contributed by atoms with van der Waals surface area (Å²) in [5.74, 6) is -0.405. The predicted octanol–water partition coefficient (Wildman–Crippen LogP) is 2.15. The Kier molecular flexibility index (Phi) is 2.31. The summed E-state index contributed by atoms with van der Waals surface area (Å²) in [5.41, 5.74) is 0. The quantitative estimate of drug-likeness (QED) is 0.707. The summed E-state index contributed by atoms with van der Waals surface area (Å²) in [6, 6.07) is 5.04. The van der Waals surface area contributed by atoms with Crippen molar-refractivity contribution in [1.82, 2.24) is 0 Å². The van der Waals surface area contributed by atoms with Crippen LogP contribution in [0.2, 0.25) is 0 Å². The van der Waals surface area contributed by atoms with Crippen molar-refractivity contribution in [2.45, 2.75) is 29.4 Å². The molecule has 0 spiro atoms. The minimum atomic E-state index is -3.19. The Hall–Kier alpha value is -0.900. The van der Waals surface area contributed by atoms with E-state index in [0.29, 0.717) is 0 Å². The lowest BCUT2D eigenvalue weighted by Gasteiger charge is -2.25. The molecule has 0 N–H and O–H groups in total. The third-order valence-corrected chi connectivity index (χ3v) is 4.91. The molecule has 4 heteroatoms. The standard InChI is InChI=1S/C10H11FO2S/c11-8-4-6-10(7-5-8)14(12,13)9-2-1-3-9/h4-7,9H,1-3H2. The molecule has 2 nitrogen and oxygen atoms in total. The van der Waals surface area contributed by atoms with E-state index in [-0.39, 0.29) is 10.1 Å². The number of sulfone groups is 1. The van der Waals surface area contributed by atoms with Gasteiger partial charge in [0, 0.05) is 0 Å². The van der Waals surface area contributed by atoms with Crippen LogP contribution >= 0.6 is 0 Å². The van der Waals surface area contributed by atoms with Gasteiger partial charge < -0.3 is 0 Å². The van der Waals surface area contributed by atoms with Crippen LogP contribution in [0.1, 0.15) is 19.3 Å². The predicted molar refractivity (Wildman–Crippen MR) is 51.2 cm³/mol. The minimum absolute atomic E-state index is 0.239. The molecule has 0 bridgehead atoms. The van der Waals surface area contributed by atoms with Crippen LogP contribution in [0.25, 0.3) is 0 Å². The van der Waals surface area contributed by atoms with Crippen molar-refractivity contribution in [2.75, 3.05) is 0 Å². The fourth-order valence-corrected chi connectivity index (χ4v) is 3.35. The summed E-state index contributed by atoms with van der Waals surface area (Å²) < 4.78 is 36.2. The Morgan fingerprint density at radius 1 is 1.14 bits per heavy atom. The van der Waals surface area contributed by atoms with Crippen molar-refractivity contribution in [3.63, 3.8) is 0 Å². The van der Waals surface area contributed by atoms with Crippen LogP contribution in [0.15, 0.2) is 29.2 Å². The minimum Gasteiger partial charge on any atom is -0.223 e. The molecule has 0 radical (unpaired) electrons. The van der Waals surface area contributed by atoms with Crippen LogP contribution in [0, 0.1) is 5.82 Å². The third-order valence-electron chi connectivity index (χ3n) is 2.63. The number of halogens is 1. The Balaban J connectivity index is 2.34. The molecule has 0 aliphatic heterocycles. The molecule has 0 amide bonds. The van der Waals surface area contributed by atoms with Gasteiger partial charge in [-0.25, -0.2) is 12.8 Å². The maximum absolute atomic E-state index is 12.6. The van der Waals surface area contributed by atoms with Gasteiger partial charge in [0.25, 0.3) is 0 Å². The third kappa shape index (κ3) is 1.54. The maximum Gasteiger partial charge on any atom is 0.181 e. The van der Waals surface area contributed by atoms with E-state index in [1.54, 1.807) is 0 Å². The van der Waals surface area contributed by atoms with Crippen LogP contribution in [-0.2, 0) is 9.84 Å². The number of hydrogen-bond donors (Lipinski definition) is 0. The lowest BCUT2D eigenvalue weighted by Crippen LogP contribution is -2.28. The van der Waals surface area contributed by atoms with E-state index in [2.05, 4.69) is 0 Å². The van der Waals surface area contributed by atoms with E-state index in [1.807, 2.05) is 0 Å². The van der Waals surface area contributed by atoms with Crippen molar-refractivity contribution >= 4 is 9.84 Å². The number of rotatable bonds is 2. The number of benzene rings is 1. The number of hydrogen-bond acceptors (Lipinski definition) is 2. The van der Waals surface area contributed by atoms with E-state index >= 15 is 0 Å². The van der Waals surface area contributed by atoms with Crippen LogP contribution < -0.4 is 0 Å². The Morgan fingerprint density at radius 2 is 1.71 bits per heavy atom. The Bertz CT molecular complexity index is 418. The van der Waals surface area contributed by atoms with E-state index in [4.69, 9.17) is 0 Å². The molecule has 0 saturated heterocycles. The average Bonchev–Trinajstić information content (AvgIpc) is 2.00. The molecular formula is C10H11FO2S. The average molecular weight is 214 g/mol. The summed E-state index contributed by atoms with van der Waals surface area (Å²) >= 11 is 0. The van der Waals surface area contributed by atoms with Gasteiger partial charge in [0.05, 0.1) is 10.1 Å². The normalized spacial score (nSPS) is 17.8. The van der Waals surface area contributed by atoms with Gasteiger partial charge in [-0.2, -0.15) is 0 Å². The molecule has 1 aromatic rings. The summed E-state index contributed by atoms with van der Waals surface area (Å²) in [5, 5.41) is -0.243. The first-order chi connectivity index (χ1) is 6.60. The monoisotopic (exact) mass is 214 g/mol. The molecule has 76 valence electrons. The van der Waals surface area contributed by atoms with E-state index in [1.165, 1.54) is 24.3 Å². The maximum atomic E-state index is 12.6. The molecule has 0 aromatic heterocycles. The van der Waals surface area contributed by atoms with Gasteiger partial charge >= 0.3 is 0 Å². The second-order valence-electron chi connectivity index (χ2n) is 3.55. The van der Waals surface area contributed by atoms with Crippen LogP contribution in [0.4, 0.5) is 4.39 Å². The van der Waals surface area contributed by atoms with Gasteiger partial charge in [0.15, 0.2) is 9.84 Å². The van der Waals surface area contributed by atoms with Crippen molar-refractivity contribution in [1.29, 1.82) is 0 Å². The lowest BCUT2D eigenvalue weighted by molar-refractivity contribution is 0.476. The van der Waals surface area contributed by atoms with Gasteiger partial charge in [-0.1, -0.05) is 6.42 Å². The zero-order valence-corrected chi connectivity index (χ0v) is 8.43. The highest BCUT2D eigenvalue weighted by Crippen LogP contribution is 2.30. The molecule has 1 aliphatic rings. The van der Waals surface area contributed by atoms with E-state index in [0.717, 1.165) is 19.3 Å². The van der Waals surface area contributed by atoms with Gasteiger partial charge in [-0.05, 0) is 37.1 Å². The zero-order chi connectivity index (χ0) is 10.2. The van der Waals surface area contributed by atoms with Crippen molar-refractivity contribution < 1.29 is 12.8 Å². The first-order valence-corrected chi connectivity index (χ1v) is 6.15. The second-order valence-corrected chi connectivity index (χ2v) is 5.78. The Labute approximate surface area is 82.7 Å². The molecule has 2 rings (SSSR count). The van der Waals surface area contributed by atoms with Gasteiger partial charge in [-0.15, -0.1) is 0 Å². The fourth-order valence-electron chi connectivity index (χ4n) is 1.50. The van der Waals surface area contributed by atoms with Gasteiger partial charge in [0.2, 0.25) is 0 Å². The van der Waals surface area contributed by atoms with E-state index < -0.39 is 15.7 Å². The molecule has 1 aromatic carbocycles. The molecule has 1 fully saturated rings. The molecule has 0 atom stereocenters. The first kappa shape index (κ1) is 9.65. The highest BCUT2D eigenvalue weighted by atomic mass is 32.2. The van der Waals surface area contributed by atoms with Crippen molar-refractivity contribution in [2.24, 2.45) is 0 Å². The SMILES string of the molecule is O=S(=O)(c1ccc(F)cc1)C1CCC1.